The summed E-state index contributed by atoms with van der Waals surface area (Å²) in [6, 6.07) is 7.77. The van der Waals surface area contributed by atoms with Gasteiger partial charge in [0.1, 0.15) is 5.39 Å². The average molecular weight is 412 g/mol. The third-order valence-corrected chi connectivity index (χ3v) is 6.24. The Kier molecular flexibility index (Phi) is 5.71. The molecule has 0 bridgehead atoms. The van der Waals surface area contributed by atoms with Crippen molar-refractivity contribution < 1.29 is 4.79 Å². The quantitative estimate of drug-likeness (QED) is 0.477. The monoisotopic (exact) mass is 411 g/mol. The molecule has 0 spiro atoms. The number of fused-ring (bicyclic) bond motifs is 2. The number of aromatic nitrogens is 4. The second-order valence-electron chi connectivity index (χ2n) is 7.43. The van der Waals surface area contributed by atoms with Gasteiger partial charge in [-0.3, -0.25) is 14.2 Å². The standard InChI is InChI=1S/C21H25N5O2S/c1-3-4-5-9-22-18(27)11-16-13-29-21-24-19-17(20(28)25(16)21)12-23-26(19)15-8-6-7-14(2)10-15/h6-8,10,12,16H,3-5,9,11,13H2,1-2H3,(H,22,27). The molecule has 7 nitrogen and oxygen atoms in total. The van der Waals surface area contributed by atoms with Crippen molar-refractivity contribution in [2.75, 3.05) is 12.3 Å². The maximum Gasteiger partial charge on any atom is 0.265 e. The molecule has 1 unspecified atom stereocenters. The lowest BCUT2D eigenvalue weighted by Crippen LogP contribution is -2.31. The van der Waals surface area contributed by atoms with Gasteiger partial charge in [0, 0.05) is 18.7 Å². The molecule has 8 heteroatoms. The van der Waals surface area contributed by atoms with E-state index in [1.165, 1.54) is 11.8 Å². The molecule has 2 aromatic heterocycles. The van der Waals surface area contributed by atoms with Gasteiger partial charge < -0.3 is 5.32 Å². The first-order chi connectivity index (χ1) is 14.1. The van der Waals surface area contributed by atoms with E-state index in [4.69, 9.17) is 4.98 Å². The second-order valence-corrected chi connectivity index (χ2v) is 8.42. The normalized spacial score (nSPS) is 15.6. The fourth-order valence-corrected chi connectivity index (χ4v) is 4.75. The molecule has 0 fully saturated rings. The Balaban J connectivity index is 1.60. The van der Waals surface area contributed by atoms with Gasteiger partial charge >= 0.3 is 0 Å². The number of carbonyl (C=O) groups excluding carboxylic acids is 1. The predicted octanol–water partition coefficient (Wildman–Crippen LogP) is 3.23. The Morgan fingerprint density at radius 1 is 1.34 bits per heavy atom. The molecule has 3 heterocycles. The number of amides is 1. The number of thioether (sulfide) groups is 1. The summed E-state index contributed by atoms with van der Waals surface area (Å²) in [5.74, 6) is 0.664. The van der Waals surface area contributed by atoms with E-state index in [1.807, 2.05) is 31.2 Å². The molecule has 1 atom stereocenters. The molecule has 29 heavy (non-hydrogen) atoms. The van der Waals surface area contributed by atoms with Gasteiger partial charge in [0.2, 0.25) is 5.91 Å². The maximum absolute atomic E-state index is 13.1. The minimum absolute atomic E-state index is 0.0120. The SMILES string of the molecule is CCCCCNC(=O)CC1CSc2nc3c(cnn3-c3cccc(C)c3)c(=O)n21. The van der Waals surface area contributed by atoms with E-state index in [0.29, 0.717) is 34.9 Å². The second kappa shape index (κ2) is 8.41. The number of carbonyl (C=O) groups is 1. The Labute approximate surface area is 173 Å². The maximum atomic E-state index is 13.1. The number of hydrogen-bond donors (Lipinski definition) is 1. The van der Waals surface area contributed by atoms with Crippen LogP contribution in [0.1, 0.15) is 44.2 Å². The summed E-state index contributed by atoms with van der Waals surface area (Å²) in [5, 5.41) is 8.50. The van der Waals surface area contributed by atoms with E-state index < -0.39 is 0 Å². The molecule has 1 amide bonds. The molecule has 1 N–H and O–H groups in total. The highest BCUT2D eigenvalue weighted by Crippen LogP contribution is 2.33. The third-order valence-electron chi connectivity index (χ3n) is 5.14. The zero-order valence-electron chi connectivity index (χ0n) is 16.7. The lowest BCUT2D eigenvalue weighted by Gasteiger charge is -2.13. The summed E-state index contributed by atoms with van der Waals surface area (Å²) in [7, 11) is 0. The van der Waals surface area contributed by atoms with Crippen LogP contribution in [0.15, 0.2) is 40.4 Å². The van der Waals surface area contributed by atoms with Crippen molar-refractivity contribution in [1.29, 1.82) is 0 Å². The van der Waals surface area contributed by atoms with Gasteiger partial charge in [0.05, 0.1) is 17.9 Å². The molecule has 4 rings (SSSR count). The van der Waals surface area contributed by atoms with Crippen molar-refractivity contribution >= 4 is 28.7 Å². The minimum atomic E-state index is -0.173. The summed E-state index contributed by atoms with van der Waals surface area (Å²) in [6.07, 6.45) is 5.08. The molecule has 152 valence electrons. The van der Waals surface area contributed by atoms with Crippen LogP contribution >= 0.6 is 11.8 Å². The zero-order chi connectivity index (χ0) is 20.4. The van der Waals surface area contributed by atoms with Gasteiger partial charge in [-0.1, -0.05) is 43.7 Å². The van der Waals surface area contributed by atoms with Crippen LogP contribution in [0.5, 0.6) is 0 Å². The van der Waals surface area contributed by atoms with Gasteiger partial charge in [-0.05, 0) is 31.0 Å². The summed E-state index contributed by atoms with van der Waals surface area (Å²) < 4.78 is 3.37. The largest absolute Gasteiger partial charge is 0.356 e. The fraction of sp³-hybridized carbons (Fsp3) is 0.429. The Morgan fingerprint density at radius 2 is 2.21 bits per heavy atom. The van der Waals surface area contributed by atoms with Crippen LogP contribution < -0.4 is 10.9 Å². The van der Waals surface area contributed by atoms with Gasteiger partial charge in [-0.25, -0.2) is 9.67 Å². The first-order valence-corrected chi connectivity index (χ1v) is 11.0. The van der Waals surface area contributed by atoms with E-state index in [9.17, 15) is 9.59 Å². The van der Waals surface area contributed by atoms with Crippen LogP contribution in [0, 0.1) is 6.92 Å². The van der Waals surface area contributed by atoms with Crippen molar-refractivity contribution in [2.24, 2.45) is 0 Å². The van der Waals surface area contributed by atoms with Gasteiger partial charge in [0.25, 0.3) is 5.56 Å². The van der Waals surface area contributed by atoms with Crippen LogP contribution in [0.25, 0.3) is 16.7 Å². The highest BCUT2D eigenvalue weighted by atomic mass is 32.2. The van der Waals surface area contributed by atoms with E-state index in [2.05, 4.69) is 17.3 Å². The van der Waals surface area contributed by atoms with Crippen LogP contribution in [-0.2, 0) is 4.79 Å². The number of rotatable bonds is 7. The van der Waals surface area contributed by atoms with Crippen molar-refractivity contribution in [3.8, 4) is 5.69 Å². The van der Waals surface area contributed by atoms with Gasteiger partial charge in [0.15, 0.2) is 10.8 Å². The Bertz CT molecular complexity index is 1100. The lowest BCUT2D eigenvalue weighted by atomic mass is 10.2. The van der Waals surface area contributed by atoms with Gasteiger partial charge in [-0.2, -0.15) is 5.10 Å². The first-order valence-electron chi connectivity index (χ1n) is 10.0. The highest BCUT2D eigenvalue weighted by molar-refractivity contribution is 7.99. The van der Waals surface area contributed by atoms with Crippen molar-refractivity contribution in [2.45, 2.75) is 50.7 Å². The van der Waals surface area contributed by atoms with Crippen LogP contribution in [0.2, 0.25) is 0 Å². The topological polar surface area (TPSA) is 81.8 Å². The fourth-order valence-electron chi connectivity index (χ4n) is 3.62. The number of unbranched alkanes of at least 4 members (excludes halogenated alkanes) is 2. The summed E-state index contributed by atoms with van der Waals surface area (Å²) in [5.41, 5.74) is 2.42. The Morgan fingerprint density at radius 3 is 3.00 bits per heavy atom. The van der Waals surface area contributed by atoms with Crippen molar-refractivity contribution in [1.82, 2.24) is 24.6 Å². The Hall–Kier alpha value is -2.61. The van der Waals surface area contributed by atoms with E-state index in [-0.39, 0.29) is 17.5 Å². The van der Waals surface area contributed by atoms with Crippen molar-refractivity contribution in [3.63, 3.8) is 0 Å². The van der Waals surface area contributed by atoms with E-state index >= 15 is 0 Å². The van der Waals surface area contributed by atoms with Crippen LogP contribution in [0.4, 0.5) is 0 Å². The van der Waals surface area contributed by atoms with E-state index in [0.717, 1.165) is 30.5 Å². The number of aryl methyl sites for hydroxylation is 1. The summed E-state index contributed by atoms with van der Waals surface area (Å²) >= 11 is 1.52. The molecular formula is C21H25N5O2S. The molecule has 1 aliphatic rings. The van der Waals surface area contributed by atoms with Crippen molar-refractivity contribution in [3.05, 3.63) is 46.4 Å². The smallest absolute Gasteiger partial charge is 0.265 e. The first kappa shape index (κ1) is 19.7. The molecule has 3 aromatic rings. The van der Waals surface area contributed by atoms with Gasteiger partial charge in [-0.15, -0.1) is 0 Å². The molecule has 0 radical (unpaired) electrons. The summed E-state index contributed by atoms with van der Waals surface area (Å²) in [4.78, 5) is 30.2. The number of hydrogen-bond acceptors (Lipinski definition) is 5. The third kappa shape index (κ3) is 3.94. The molecule has 0 saturated heterocycles. The lowest BCUT2D eigenvalue weighted by molar-refractivity contribution is -0.121. The van der Waals surface area contributed by atoms with Crippen LogP contribution in [-0.4, -0.2) is 37.5 Å². The van der Waals surface area contributed by atoms with Crippen LogP contribution in [0.3, 0.4) is 0 Å². The molecule has 0 saturated carbocycles. The predicted molar refractivity (Wildman–Crippen MR) is 115 cm³/mol. The molecule has 0 aliphatic carbocycles. The zero-order valence-corrected chi connectivity index (χ0v) is 17.5. The molecule has 1 aromatic carbocycles. The summed E-state index contributed by atoms with van der Waals surface area (Å²) in [6.45, 7) is 4.84. The van der Waals surface area contributed by atoms with E-state index in [1.54, 1.807) is 15.4 Å². The number of nitrogens with one attached hydrogen (secondary N) is 1. The number of benzene rings is 1. The minimum Gasteiger partial charge on any atom is -0.356 e. The molecule has 1 aliphatic heterocycles. The molecular weight excluding hydrogens is 386 g/mol. The number of nitrogens with zero attached hydrogens (tertiary/aromatic N) is 4. The highest BCUT2D eigenvalue weighted by Gasteiger charge is 2.29. The average Bonchev–Trinajstić information content (AvgIpc) is 3.30.